The number of benzene rings is 10. The predicted molar refractivity (Wildman–Crippen MR) is 255 cm³/mol. The first-order chi connectivity index (χ1) is 29.8. The number of anilines is 3. The molecule has 0 aliphatic heterocycles. The first-order valence-electron chi connectivity index (χ1n) is 20.6. The Kier molecular flexibility index (Phi) is 8.87. The molecule has 0 aliphatic rings. The van der Waals surface area contributed by atoms with Crippen molar-refractivity contribution in [3.05, 3.63) is 243 Å². The first-order valence-corrected chi connectivity index (χ1v) is 20.6. The highest BCUT2D eigenvalue weighted by Gasteiger charge is 2.21. The van der Waals surface area contributed by atoms with Gasteiger partial charge in [-0.05, 0) is 104 Å². The number of aromatic nitrogens is 1. The molecule has 2 nitrogen and oxygen atoms in total. The third-order valence-corrected chi connectivity index (χ3v) is 11.8. The van der Waals surface area contributed by atoms with Crippen LogP contribution in [0.1, 0.15) is 0 Å². The van der Waals surface area contributed by atoms with Crippen LogP contribution in [0.25, 0.3) is 82.8 Å². The zero-order valence-corrected chi connectivity index (χ0v) is 33.0. The van der Waals surface area contributed by atoms with Crippen LogP contribution in [0.3, 0.4) is 0 Å². The Labute approximate surface area is 350 Å². The SMILES string of the molecule is c1ccc(-c2ccc(N(c3cccc(-c4cccc5c4c4ccccc4n5-c4ccccc4)c3)c3ccccc3-c3cccc4cccc(-c5ccccc5)c34)cc2)cc1. The molecule has 0 spiro atoms. The molecule has 282 valence electrons. The van der Waals surface area contributed by atoms with Gasteiger partial charge in [0.05, 0.1) is 16.7 Å². The zero-order chi connectivity index (χ0) is 39.8. The van der Waals surface area contributed by atoms with Crippen LogP contribution in [0.15, 0.2) is 243 Å². The van der Waals surface area contributed by atoms with E-state index in [-0.39, 0.29) is 0 Å². The van der Waals surface area contributed by atoms with Gasteiger partial charge in [0.2, 0.25) is 0 Å². The molecule has 1 aromatic heterocycles. The summed E-state index contributed by atoms with van der Waals surface area (Å²) in [5.74, 6) is 0. The lowest BCUT2D eigenvalue weighted by atomic mass is 9.90. The van der Waals surface area contributed by atoms with Crippen molar-refractivity contribution in [2.75, 3.05) is 4.90 Å². The molecule has 0 aliphatic carbocycles. The van der Waals surface area contributed by atoms with Gasteiger partial charge >= 0.3 is 0 Å². The van der Waals surface area contributed by atoms with Crippen LogP contribution in [0, 0.1) is 0 Å². The summed E-state index contributed by atoms with van der Waals surface area (Å²) in [6.45, 7) is 0. The average molecular weight is 765 g/mol. The normalized spacial score (nSPS) is 11.3. The van der Waals surface area contributed by atoms with Gasteiger partial charge in [0.25, 0.3) is 0 Å². The minimum absolute atomic E-state index is 1.08. The number of hydrogen-bond donors (Lipinski definition) is 0. The quantitative estimate of drug-likeness (QED) is 0.150. The van der Waals surface area contributed by atoms with Crippen LogP contribution in [-0.4, -0.2) is 4.57 Å². The second kappa shape index (κ2) is 15.1. The van der Waals surface area contributed by atoms with Gasteiger partial charge in [-0.25, -0.2) is 0 Å². The van der Waals surface area contributed by atoms with E-state index >= 15 is 0 Å². The van der Waals surface area contributed by atoms with Crippen molar-refractivity contribution in [3.8, 4) is 50.2 Å². The maximum Gasteiger partial charge on any atom is 0.0547 e. The summed E-state index contributed by atoms with van der Waals surface area (Å²) in [5, 5.41) is 4.94. The molecule has 11 rings (SSSR count). The number of fused-ring (bicyclic) bond motifs is 4. The molecule has 0 amide bonds. The van der Waals surface area contributed by atoms with Crippen molar-refractivity contribution < 1.29 is 0 Å². The molecule has 60 heavy (non-hydrogen) atoms. The number of para-hydroxylation sites is 3. The molecule has 0 atom stereocenters. The van der Waals surface area contributed by atoms with Crippen molar-refractivity contribution in [2.24, 2.45) is 0 Å². The Morgan fingerprint density at radius 3 is 1.60 bits per heavy atom. The van der Waals surface area contributed by atoms with Gasteiger partial charge < -0.3 is 9.47 Å². The van der Waals surface area contributed by atoms with Crippen molar-refractivity contribution in [1.29, 1.82) is 0 Å². The molecular weight excluding hydrogens is 725 g/mol. The van der Waals surface area contributed by atoms with Crippen LogP contribution in [0.4, 0.5) is 17.1 Å². The summed E-state index contributed by atoms with van der Waals surface area (Å²) in [6, 6.07) is 87.9. The lowest BCUT2D eigenvalue weighted by molar-refractivity contribution is 1.18. The van der Waals surface area contributed by atoms with E-state index in [1.807, 2.05) is 0 Å². The highest BCUT2D eigenvalue weighted by atomic mass is 15.1. The molecule has 0 saturated heterocycles. The largest absolute Gasteiger partial charge is 0.310 e. The van der Waals surface area contributed by atoms with Crippen LogP contribution >= 0.6 is 0 Å². The maximum absolute atomic E-state index is 2.44. The highest BCUT2D eigenvalue weighted by molar-refractivity contribution is 6.16. The van der Waals surface area contributed by atoms with Crippen LogP contribution in [-0.2, 0) is 0 Å². The number of nitrogens with zero attached hydrogens (tertiary/aromatic N) is 2. The molecule has 0 fully saturated rings. The summed E-state index contributed by atoms with van der Waals surface area (Å²) >= 11 is 0. The molecule has 0 saturated carbocycles. The monoisotopic (exact) mass is 764 g/mol. The Morgan fingerprint density at radius 1 is 0.300 bits per heavy atom. The Bertz CT molecular complexity index is 3290. The summed E-state index contributed by atoms with van der Waals surface area (Å²) < 4.78 is 2.39. The van der Waals surface area contributed by atoms with Gasteiger partial charge in [-0.2, -0.15) is 0 Å². The third kappa shape index (κ3) is 6.14. The molecule has 0 bridgehead atoms. The fourth-order valence-corrected chi connectivity index (χ4v) is 9.11. The van der Waals surface area contributed by atoms with Gasteiger partial charge in [0.15, 0.2) is 0 Å². The van der Waals surface area contributed by atoms with Gasteiger partial charge in [-0.15, -0.1) is 0 Å². The van der Waals surface area contributed by atoms with E-state index in [9.17, 15) is 0 Å². The molecule has 10 aromatic carbocycles. The Hall–Kier alpha value is -7.94. The van der Waals surface area contributed by atoms with E-state index in [1.165, 1.54) is 66.0 Å². The summed E-state index contributed by atoms with van der Waals surface area (Å²) in [5.41, 5.74) is 16.4. The van der Waals surface area contributed by atoms with E-state index in [1.54, 1.807) is 0 Å². The minimum Gasteiger partial charge on any atom is -0.310 e. The van der Waals surface area contributed by atoms with Gasteiger partial charge in [0, 0.05) is 33.4 Å². The van der Waals surface area contributed by atoms with E-state index in [2.05, 4.69) is 252 Å². The van der Waals surface area contributed by atoms with Crippen LogP contribution in [0.2, 0.25) is 0 Å². The molecule has 0 N–H and O–H groups in total. The lowest BCUT2D eigenvalue weighted by Crippen LogP contribution is -2.11. The number of hydrogen-bond acceptors (Lipinski definition) is 1. The van der Waals surface area contributed by atoms with Gasteiger partial charge in [-0.1, -0.05) is 188 Å². The average Bonchev–Trinajstić information content (AvgIpc) is 3.67. The highest BCUT2D eigenvalue weighted by Crippen LogP contribution is 2.46. The van der Waals surface area contributed by atoms with Gasteiger partial charge in [-0.3, -0.25) is 0 Å². The fourth-order valence-electron chi connectivity index (χ4n) is 9.11. The van der Waals surface area contributed by atoms with E-state index < -0.39 is 0 Å². The molecule has 1 heterocycles. The van der Waals surface area contributed by atoms with E-state index in [4.69, 9.17) is 0 Å². The Balaban J connectivity index is 1.13. The summed E-state index contributed by atoms with van der Waals surface area (Å²) in [7, 11) is 0. The zero-order valence-electron chi connectivity index (χ0n) is 33.0. The minimum atomic E-state index is 1.08. The van der Waals surface area contributed by atoms with Crippen LogP contribution < -0.4 is 4.90 Å². The van der Waals surface area contributed by atoms with Crippen molar-refractivity contribution >= 4 is 49.6 Å². The maximum atomic E-state index is 2.44. The molecule has 2 heteroatoms. The molecule has 11 aromatic rings. The van der Waals surface area contributed by atoms with Crippen LogP contribution in [0.5, 0.6) is 0 Å². The predicted octanol–water partition coefficient (Wildman–Crippen LogP) is 16.1. The van der Waals surface area contributed by atoms with Crippen molar-refractivity contribution in [3.63, 3.8) is 0 Å². The van der Waals surface area contributed by atoms with E-state index in [0.29, 0.717) is 0 Å². The Morgan fingerprint density at radius 2 is 0.833 bits per heavy atom. The second-order valence-electron chi connectivity index (χ2n) is 15.3. The summed E-state index contributed by atoms with van der Waals surface area (Å²) in [4.78, 5) is 2.44. The second-order valence-corrected chi connectivity index (χ2v) is 15.3. The smallest absolute Gasteiger partial charge is 0.0547 e. The van der Waals surface area contributed by atoms with Crippen molar-refractivity contribution in [1.82, 2.24) is 4.57 Å². The molecule has 0 unspecified atom stereocenters. The standard InChI is InChI=1S/C58H40N2/c1-4-18-41(19-5-1)42-36-38-47(39-37-42)59(54-33-12-10-28-51(54)52-32-16-23-44-22-15-30-49(57(44)52)43-20-6-2-7-21-43)48-27-14-24-45(40-48)50-31-17-35-56-58(50)53-29-11-13-34-55(53)60(56)46-25-8-3-9-26-46/h1-40H. The summed E-state index contributed by atoms with van der Waals surface area (Å²) in [6.07, 6.45) is 0. The van der Waals surface area contributed by atoms with Gasteiger partial charge in [0.1, 0.15) is 0 Å². The van der Waals surface area contributed by atoms with E-state index in [0.717, 1.165) is 33.9 Å². The molecular formula is C58H40N2. The fraction of sp³-hybridized carbons (Fsp3) is 0. The molecule has 0 radical (unpaired) electrons. The topological polar surface area (TPSA) is 8.17 Å². The third-order valence-electron chi connectivity index (χ3n) is 11.8. The lowest BCUT2D eigenvalue weighted by Gasteiger charge is -2.29. The first kappa shape index (κ1) is 35.2. The number of rotatable bonds is 8. The van der Waals surface area contributed by atoms with Crippen molar-refractivity contribution in [2.45, 2.75) is 0 Å².